The third-order valence-corrected chi connectivity index (χ3v) is 4.05. The van der Waals surface area contributed by atoms with Gasteiger partial charge in [-0.1, -0.05) is 25.1 Å². The maximum absolute atomic E-state index is 12.5. The fourth-order valence-electron chi connectivity index (χ4n) is 2.35. The van der Waals surface area contributed by atoms with Crippen LogP contribution in [0.5, 0.6) is 5.75 Å². The highest BCUT2D eigenvalue weighted by Crippen LogP contribution is 2.22. The summed E-state index contributed by atoms with van der Waals surface area (Å²) in [5.74, 6) is 0.656. The lowest BCUT2D eigenvalue weighted by atomic mass is 10.1. The highest BCUT2D eigenvalue weighted by molar-refractivity contribution is 5.94. The van der Waals surface area contributed by atoms with Gasteiger partial charge in [0.1, 0.15) is 5.75 Å². The van der Waals surface area contributed by atoms with E-state index in [1.807, 2.05) is 64.1 Å². The molecule has 1 N–H and O–H groups in total. The molecule has 0 aliphatic rings. The average Bonchev–Trinajstić information content (AvgIpc) is 2.51. The van der Waals surface area contributed by atoms with Crippen LogP contribution in [0.15, 0.2) is 36.4 Å². The molecule has 0 heterocycles. The van der Waals surface area contributed by atoms with Gasteiger partial charge in [-0.05, 0) is 74.6 Å². The maximum Gasteiger partial charge on any atom is 0.265 e. The van der Waals surface area contributed by atoms with Gasteiger partial charge in [0.2, 0.25) is 0 Å². The molecule has 0 saturated carbocycles. The summed E-state index contributed by atoms with van der Waals surface area (Å²) in [6.45, 7) is 10.1. The third-order valence-electron chi connectivity index (χ3n) is 4.05. The van der Waals surface area contributed by atoms with E-state index in [-0.39, 0.29) is 5.91 Å². The zero-order valence-corrected chi connectivity index (χ0v) is 14.6. The summed E-state index contributed by atoms with van der Waals surface area (Å²) in [6.07, 6.45) is 0.112. The Morgan fingerprint density at radius 3 is 2.35 bits per heavy atom. The lowest BCUT2D eigenvalue weighted by Crippen LogP contribution is -2.32. The summed E-state index contributed by atoms with van der Waals surface area (Å²) in [6, 6.07) is 11.9. The second kappa shape index (κ2) is 7.32. The van der Waals surface area contributed by atoms with Crippen molar-refractivity contribution in [2.75, 3.05) is 5.32 Å². The summed E-state index contributed by atoms with van der Waals surface area (Å²) in [5.41, 5.74) is 5.33. The SMILES string of the molecule is CC[C@@H](Oc1cc(C)ccc1C)C(=O)Nc1ccc(C)c(C)c1. The molecule has 2 aromatic rings. The number of carbonyl (C=O) groups excluding carboxylic acids is 1. The van der Waals surface area contributed by atoms with Crippen LogP contribution in [0.2, 0.25) is 0 Å². The molecule has 2 aromatic carbocycles. The average molecular weight is 311 g/mol. The van der Waals surface area contributed by atoms with Crippen molar-refractivity contribution in [3.8, 4) is 5.75 Å². The molecule has 0 bridgehead atoms. The van der Waals surface area contributed by atoms with E-state index < -0.39 is 6.10 Å². The Morgan fingerprint density at radius 2 is 1.70 bits per heavy atom. The Labute approximate surface area is 138 Å². The first-order chi connectivity index (χ1) is 10.9. The lowest BCUT2D eigenvalue weighted by Gasteiger charge is -2.19. The smallest absolute Gasteiger partial charge is 0.265 e. The van der Waals surface area contributed by atoms with Gasteiger partial charge >= 0.3 is 0 Å². The number of carbonyl (C=O) groups is 1. The van der Waals surface area contributed by atoms with E-state index in [1.165, 1.54) is 5.56 Å². The van der Waals surface area contributed by atoms with Crippen molar-refractivity contribution in [2.24, 2.45) is 0 Å². The van der Waals surface area contributed by atoms with Gasteiger partial charge in [-0.15, -0.1) is 0 Å². The van der Waals surface area contributed by atoms with E-state index in [0.717, 1.165) is 28.1 Å². The molecular formula is C20H25NO2. The minimum absolute atomic E-state index is 0.114. The van der Waals surface area contributed by atoms with Crippen molar-refractivity contribution in [1.29, 1.82) is 0 Å². The van der Waals surface area contributed by atoms with Crippen LogP contribution in [0.4, 0.5) is 5.69 Å². The van der Waals surface area contributed by atoms with E-state index in [4.69, 9.17) is 4.74 Å². The second-order valence-electron chi connectivity index (χ2n) is 6.07. The van der Waals surface area contributed by atoms with Crippen LogP contribution >= 0.6 is 0 Å². The minimum Gasteiger partial charge on any atom is -0.480 e. The summed E-state index contributed by atoms with van der Waals surface area (Å²) in [4.78, 5) is 12.5. The molecule has 0 spiro atoms. The minimum atomic E-state index is -0.503. The standard InChI is InChI=1S/C20H25NO2/c1-6-18(23-19-11-13(2)7-8-15(19)4)20(22)21-17-10-9-14(3)16(5)12-17/h7-12,18H,6H2,1-5H3,(H,21,22)/t18-/m1/s1. The van der Waals surface area contributed by atoms with Gasteiger partial charge in [0.05, 0.1) is 0 Å². The van der Waals surface area contributed by atoms with Crippen molar-refractivity contribution >= 4 is 11.6 Å². The second-order valence-corrected chi connectivity index (χ2v) is 6.07. The number of hydrogen-bond donors (Lipinski definition) is 1. The highest BCUT2D eigenvalue weighted by Gasteiger charge is 2.19. The molecule has 3 nitrogen and oxygen atoms in total. The van der Waals surface area contributed by atoms with Crippen molar-refractivity contribution in [3.63, 3.8) is 0 Å². The molecule has 1 amide bonds. The number of aryl methyl sites for hydroxylation is 4. The zero-order chi connectivity index (χ0) is 17.0. The molecule has 0 saturated heterocycles. The number of rotatable bonds is 5. The molecule has 122 valence electrons. The van der Waals surface area contributed by atoms with Gasteiger partial charge in [0.25, 0.3) is 5.91 Å². The number of ether oxygens (including phenoxy) is 1. The van der Waals surface area contributed by atoms with Crippen LogP contribution in [0.3, 0.4) is 0 Å². The topological polar surface area (TPSA) is 38.3 Å². The number of hydrogen-bond acceptors (Lipinski definition) is 2. The van der Waals surface area contributed by atoms with Gasteiger partial charge in [-0.25, -0.2) is 0 Å². The Kier molecular flexibility index (Phi) is 5.43. The molecule has 23 heavy (non-hydrogen) atoms. The summed E-state index contributed by atoms with van der Waals surface area (Å²) in [5, 5.41) is 2.95. The predicted octanol–water partition coefficient (Wildman–Crippen LogP) is 4.72. The normalized spacial score (nSPS) is 11.9. The first kappa shape index (κ1) is 17.1. The van der Waals surface area contributed by atoms with E-state index in [0.29, 0.717) is 6.42 Å². The number of amides is 1. The van der Waals surface area contributed by atoms with Gasteiger partial charge in [-0.2, -0.15) is 0 Å². The van der Waals surface area contributed by atoms with E-state index >= 15 is 0 Å². The summed E-state index contributed by atoms with van der Waals surface area (Å²) >= 11 is 0. The molecule has 0 fully saturated rings. The van der Waals surface area contributed by atoms with Crippen LogP contribution in [-0.2, 0) is 4.79 Å². The predicted molar refractivity (Wildman–Crippen MR) is 95.2 cm³/mol. The Balaban J connectivity index is 2.11. The first-order valence-electron chi connectivity index (χ1n) is 8.02. The number of benzene rings is 2. The Morgan fingerprint density at radius 1 is 1.00 bits per heavy atom. The molecular weight excluding hydrogens is 286 g/mol. The number of nitrogens with one attached hydrogen (secondary N) is 1. The van der Waals surface area contributed by atoms with Crippen LogP contribution in [0.25, 0.3) is 0 Å². The van der Waals surface area contributed by atoms with E-state index in [1.54, 1.807) is 0 Å². The van der Waals surface area contributed by atoms with Crippen LogP contribution < -0.4 is 10.1 Å². The largest absolute Gasteiger partial charge is 0.480 e. The molecule has 0 aliphatic heterocycles. The molecule has 0 aliphatic carbocycles. The summed E-state index contributed by atoms with van der Waals surface area (Å²) in [7, 11) is 0. The van der Waals surface area contributed by atoms with E-state index in [2.05, 4.69) is 12.2 Å². The van der Waals surface area contributed by atoms with Crippen molar-refractivity contribution in [2.45, 2.75) is 47.1 Å². The molecule has 1 atom stereocenters. The quantitative estimate of drug-likeness (QED) is 0.868. The van der Waals surface area contributed by atoms with Gasteiger partial charge in [0, 0.05) is 5.69 Å². The molecule has 0 aromatic heterocycles. The molecule has 0 radical (unpaired) electrons. The Bertz CT molecular complexity index is 707. The fourth-order valence-corrected chi connectivity index (χ4v) is 2.35. The monoisotopic (exact) mass is 311 g/mol. The van der Waals surface area contributed by atoms with Crippen LogP contribution in [-0.4, -0.2) is 12.0 Å². The summed E-state index contributed by atoms with van der Waals surface area (Å²) < 4.78 is 5.95. The third kappa shape index (κ3) is 4.35. The number of anilines is 1. The lowest BCUT2D eigenvalue weighted by molar-refractivity contribution is -0.122. The van der Waals surface area contributed by atoms with Crippen LogP contribution in [0.1, 0.15) is 35.6 Å². The zero-order valence-electron chi connectivity index (χ0n) is 14.6. The van der Waals surface area contributed by atoms with Crippen molar-refractivity contribution in [3.05, 3.63) is 58.7 Å². The van der Waals surface area contributed by atoms with Gasteiger partial charge < -0.3 is 10.1 Å². The maximum atomic E-state index is 12.5. The highest BCUT2D eigenvalue weighted by atomic mass is 16.5. The first-order valence-corrected chi connectivity index (χ1v) is 8.02. The fraction of sp³-hybridized carbons (Fsp3) is 0.350. The van der Waals surface area contributed by atoms with Gasteiger partial charge in [-0.3, -0.25) is 4.79 Å². The molecule has 3 heteroatoms. The van der Waals surface area contributed by atoms with Crippen molar-refractivity contribution in [1.82, 2.24) is 0 Å². The van der Waals surface area contributed by atoms with Crippen molar-refractivity contribution < 1.29 is 9.53 Å². The van der Waals surface area contributed by atoms with E-state index in [9.17, 15) is 4.79 Å². The van der Waals surface area contributed by atoms with Crippen LogP contribution in [0, 0.1) is 27.7 Å². The molecule has 2 rings (SSSR count). The Hall–Kier alpha value is -2.29. The van der Waals surface area contributed by atoms with Gasteiger partial charge in [0.15, 0.2) is 6.10 Å². The molecule has 0 unspecified atom stereocenters.